The highest BCUT2D eigenvalue weighted by Gasteiger charge is 2.18. The van der Waals surface area contributed by atoms with E-state index in [9.17, 15) is 5.11 Å². The molecule has 0 saturated heterocycles. The molecule has 17 heavy (non-hydrogen) atoms. The Labute approximate surface area is 112 Å². The number of benzene rings is 1. The summed E-state index contributed by atoms with van der Waals surface area (Å²) < 4.78 is 0. The van der Waals surface area contributed by atoms with Crippen molar-refractivity contribution in [3.05, 3.63) is 27.7 Å². The van der Waals surface area contributed by atoms with E-state index in [-0.39, 0.29) is 5.54 Å². The van der Waals surface area contributed by atoms with E-state index < -0.39 is 6.10 Å². The van der Waals surface area contributed by atoms with Gasteiger partial charge in [-0.1, -0.05) is 23.2 Å². The minimum Gasteiger partial charge on any atom is -0.396 e. The highest BCUT2D eigenvalue weighted by atomic mass is 35.5. The number of nitrogen functional groups attached to an aromatic ring is 1. The van der Waals surface area contributed by atoms with Gasteiger partial charge in [0.25, 0.3) is 0 Å². The monoisotopic (exact) mass is 277 g/mol. The van der Waals surface area contributed by atoms with Crippen molar-refractivity contribution in [2.45, 2.75) is 32.4 Å². The fourth-order valence-electron chi connectivity index (χ4n) is 1.40. The molecule has 1 unspecified atom stereocenters. The normalized spacial score (nSPS) is 13.8. The number of aliphatic hydroxyl groups is 1. The summed E-state index contributed by atoms with van der Waals surface area (Å²) in [6.45, 7) is 6.81. The van der Waals surface area contributed by atoms with Gasteiger partial charge in [0.15, 0.2) is 0 Å². The number of nitrogens with two attached hydrogens (primary N) is 2. The van der Waals surface area contributed by atoms with Gasteiger partial charge in [0.1, 0.15) is 12.6 Å². The van der Waals surface area contributed by atoms with E-state index in [1.54, 1.807) is 12.1 Å². The smallest absolute Gasteiger partial charge is 0.128 e. The van der Waals surface area contributed by atoms with E-state index in [0.717, 1.165) is 0 Å². The van der Waals surface area contributed by atoms with Crippen LogP contribution >= 0.6 is 23.2 Å². The minimum atomic E-state index is -0.607. The topological polar surface area (TPSA) is 62.9 Å². The third-order valence-corrected chi connectivity index (χ3v) is 3.07. The molecule has 0 amide bonds. The first kappa shape index (κ1) is 14.6. The Bertz CT molecular complexity index is 379. The molecule has 5 N–H and O–H groups in total. The predicted molar refractivity (Wildman–Crippen MR) is 72.4 cm³/mol. The Balaban J connectivity index is 2.79. The van der Waals surface area contributed by atoms with E-state index in [4.69, 9.17) is 28.9 Å². The maximum absolute atomic E-state index is 10.0. The van der Waals surface area contributed by atoms with Crippen LogP contribution in [0, 0.1) is 0 Å². The van der Waals surface area contributed by atoms with Crippen LogP contribution in [0.5, 0.6) is 0 Å². The number of halogens is 2. The second-order valence-electron chi connectivity index (χ2n) is 5.22. The van der Waals surface area contributed by atoms with Crippen LogP contribution in [0.1, 0.15) is 32.4 Å². The second kappa shape index (κ2) is 5.44. The lowest BCUT2D eigenvalue weighted by Crippen LogP contribution is -2.95. The van der Waals surface area contributed by atoms with Crippen LogP contribution in [0.25, 0.3) is 0 Å². The Morgan fingerprint density at radius 3 is 2.18 bits per heavy atom. The first-order chi connectivity index (χ1) is 7.70. The Morgan fingerprint density at radius 2 is 1.76 bits per heavy atom. The zero-order valence-corrected chi connectivity index (χ0v) is 11.8. The number of hydrogen-bond donors (Lipinski definition) is 3. The molecule has 0 heterocycles. The van der Waals surface area contributed by atoms with Gasteiger partial charge in [-0.3, -0.25) is 0 Å². The van der Waals surface area contributed by atoms with E-state index in [1.165, 1.54) is 0 Å². The van der Waals surface area contributed by atoms with Crippen molar-refractivity contribution in [2.24, 2.45) is 0 Å². The molecule has 3 nitrogen and oxygen atoms in total. The number of hydrogen-bond acceptors (Lipinski definition) is 2. The fourth-order valence-corrected chi connectivity index (χ4v) is 1.90. The maximum atomic E-state index is 10.0. The lowest BCUT2D eigenvalue weighted by molar-refractivity contribution is -0.722. The van der Waals surface area contributed by atoms with Gasteiger partial charge in [-0.25, -0.2) is 0 Å². The summed E-state index contributed by atoms with van der Waals surface area (Å²) in [5, 5.41) is 12.9. The molecule has 0 aliphatic heterocycles. The van der Waals surface area contributed by atoms with Crippen LogP contribution in [-0.2, 0) is 0 Å². The summed E-state index contributed by atoms with van der Waals surface area (Å²) in [7, 11) is 0. The molecule has 0 fully saturated rings. The fraction of sp³-hybridized carbons (Fsp3) is 0.500. The molecule has 1 rings (SSSR count). The van der Waals surface area contributed by atoms with Gasteiger partial charge >= 0.3 is 0 Å². The van der Waals surface area contributed by atoms with Crippen molar-refractivity contribution in [1.29, 1.82) is 0 Å². The summed E-state index contributed by atoms with van der Waals surface area (Å²) in [6, 6.07) is 3.31. The molecule has 5 heteroatoms. The van der Waals surface area contributed by atoms with Crippen molar-refractivity contribution in [3.63, 3.8) is 0 Å². The Morgan fingerprint density at radius 1 is 1.29 bits per heavy atom. The van der Waals surface area contributed by atoms with Gasteiger partial charge in [0.05, 0.1) is 21.3 Å². The molecule has 0 aliphatic carbocycles. The summed E-state index contributed by atoms with van der Waals surface area (Å²) in [5.74, 6) is 0. The molecule has 1 aromatic rings. The minimum absolute atomic E-state index is 0.0718. The lowest BCUT2D eigenvalue weighted by Gasteiger charge is -2.20. The zero-order chi connectivity index (χ0) is 13.2. The average molecular weight is 278 g/mol. The summed E-state index contributed by atoms with van der Waals surface area (Å²) >= 11 is 11.8. The SMILES string of the molecule is CC(C)(C)[NH2+]CC(O)c1cc(Cl)c(N)c(Cl)c1. The van der Waals surface area contributed by atoms with Crippen molar-refractivity contribution in [1.82, 2.24) is 0 Å². The van der Waals surface area contributed by atoms with Crippen LogP contribution in [0.4, 0.5) is 5.69 Å². The average Bonchev–Trinajstić information content (AvgIpc) is 2.20. The standard InChI is InChI=1S/C12H18Cl2N2O/c1-12(2,3)16-6-10(17)7-4-8(13)11(15)9(14)5-7/h4-5,10,16-17H,6,15H2,1-3H3/p+1. The van der Waals surface area contributed by atoms with Crippen LogP contribution in [0.2, 0.25) is 10.0 Å². The van der Waals surface area contributed by atoms with Crippen LogP contribution < -0.4 is 11.1 Å². The highest BCUT2D eigenvalue weighted by molar-refractivity contribution is 6.38. The van der Waals surface area contributed by atoms with Gasteiger partial charge in [0.2, 0.25) is 0 Å². The number of aliphatic hydroxyl groups excluding tert-OH is 1. The molecule has 0 radical (unpaired) electrons. The summed E-state index contributed by atoms with van der Waals surface area (Å²) in [5.41, 5.74) is 6.75. The molecular formula is C12H19Cl2N2O+. The molecule has 1 aromatic carbocycles. The highest BCUT2D eigenvalue weighted by Crippen LogP contribution is 2.30. The van der Waals surface area contributed by atoms with E-state index in [1.807, 2.05) is 0 Å². The van der Waals surface area contributed by atoms with Gasteiger partial charge < -0.3 is 16.2 Å². The Hall–Kier alpha value is -0.480. The predicted octanol–water partition coefficient (Wildman–Crippen LogP) is 1.97. The first-order valence-electron chi connectivity index (χ1n) is 5.47. The molecule has 96 valence electrons. The van der Waals surface area contributed by atoms with Gasteiger partial charge in [-0.2, -0.15) is 0 Å². The molecule has 0 aromatic heterocycles. The third kappa shape index (κ3) is 4.36. The molecule has 0 aliphatic rings. The van der Waals surface area contributed by atoms with Crippen molar-refractivity contribution < 1.29 is 10.4 Å². The number of quaternary nitrogens is 1. The lowest BCUT2D eigenvalue weighted by atomic mass is 10.1. The maximum Gasteiger partial charge on any atom is 0.128 e. The third-order valence-electron chi connectivity index (χ3n) is 2.44. The summed E-state index contributed by atoms with van der Waals surface area (Å²) in [6.07, 6.45) is -0.607. The van der Waals surface area contributed by atoms with Crippen molar-refractivity contribution in [3.8, 4) is 0 Å². The molecule has 0 spiro atoms. The van der Waals surface area contributed by atoms with E-state index >= 15 is 0 Å². The molecule has 0 saturated carbocycles. The van der Waals surface area contributed by atoms with E-state index in [2.05, 4.69) is 26.1 Å². The van der Waals surface area contributed by atoms with Crippen LogP contribution in [0.3, 0.4) is 0 Å². The zero-order valence-electron chi connectivity index (χ0n) is 10.3. The van der Waals surface area contributed by atoms with Gasteiger partial charge in [-0.15, -0.1) is 0 Å². The van der Waals surface area contributed by atoms with Crippen molar-refractivity contribution >= 4 is 28.9 Å². The van der Waals surface area contributed by atoms with E-state index in [0.29, 0.717) is 27.8 Å². The quantitative estimate of drug-likeness (QED) is 0.740. The number of rotatable bonds is 3. The Kier molecular flexibility index (Phi) is 4.67. The van der Waals surface area contributed by atoms with Gasteiger partial charge in [0, 0.05) is 0 Å². The summed E-state index contributed by atoms with van der Waals surface area (Å²) in [4.78, 5) is 0. The first-order valence-corrected chi connectivity index (χ1v) is 6.23. The van der Waals surface area contributed by atoms with Crippen molar-refractivity contribution in [2.75, 3.05) is 12.3 Å². The molecule has 1 atom stereocenters. The van der Waals surface area contributed by atoms with Crippen LogP contribution in [0.15, 0.2) is 12.1 Å². The molecular weight excluding hydrogens is 259 g/mol. The van der Waals surface area contributed by atoms with Gasteiger partial charge in [-0.05, 0) is 38.5 Å². The molecule has 0 bridgehead atoms. The number of anilines is 1. The van der Waals surface area contributed by atoms with Crippen LogP contribution in [-0.4, -0.2) is 17.2 Å². The largest absolute Gasteiger partial charge is 0.396 e. The second-order valence-corrected chi connectivity index (χ2v) is 6.03.